The Hall–Kier alpha value is 0.240. The van der Waals surface area contributed by atoms with Crippen LogP contribution in [0.15, 0.2) is 0 Å². The number of thiocarbonyl (C=S) groups is 1. The van der Waals surface area contributed by atoms with E-state index in [0.29, 0.717) is 5.25 Å². The van der Waals surface area contributed by atoms with Gasteiger partial charge in [0.2, 0.25) is 0 Å². The number of hydrogen-bond acceptors (Lipinski definition) is 2. The van der Waals surface area contributed by atoms with E-state index < -0.39 is 0 Å². The predicted molar refractivity (Wildman–Crippen MR) is 44.4 cm³/mol. The number of hydrogen-bond donors (Lipinski definition) is 1. The first-order valence-electron chi connectivity index (χ1n) is 2.55. The number of thioether (sulfide) groups is 1. The molecule has 0 amide bonds. The minimum atomic E-state index is 0.593. The minimum Gasteiger partial charge on any atom is -0.374 e. The maximum Gasteiger partial charge on any atom is 0.133 e. The van der Waals surface area contributed by atoms with Crippen molar-refractivity contribution >= 4 is 28.3 Å². The Morgan fingerprint density at radius 1 is 1.62 bits per heavy atom. The molecular formula is C5H11NS2. The Balaban J connectivity index is 3.25. The lowest BCUT2D eigenvalue weighted by molar-refractivity contribution is 1.12. The zero-order valence-corrected chi connectivity index (χ0v) is 7.03. The van der Waals surface area contributed by atoms with Crippen LogP contribution < -0.4 is 5.32 Å². The second-order valence-electron chi connectivity index (χ2n) is 1.70. The van der Waals surface area contributed by atoms with Crippen molar-refractivity contribution in [3.05, 3.63) is 0 Å². The monoisotopic (exact) mass is 149 g/mol. The van der Waals surface area contributed by atoms with Crippen molar-refractivity contribution in [1.82, 2.24) is 5.32 Å². The van der Waals surface area contributed by atoms with E-state index in [1.54, 1.807) is 11.8 Å². The van der Waals surface area contributed by atoms with E-state index in [1.807, 2.05) is 7.05 Å². The van der Waals surface area contributed by atoms with Gasteiger partial charge in [-0.05, 0) is 0 Å². The van der Waals surface area contributed by atoms with Crippen LogP contribution in [0.4, 0.5) is 0 Å². The van der Waals surface area contributed by atoms with Gasteiger partial charge in [0.05, 0.1) is 0 Å². The lowest BCUT2D eigenvalue weighted by atomic mass is 10.6. The summed E-state index contributed by atoms with van der Waals surface area (Å²) < 4.78 is 0.875. The van der Waals surface area contributed by atoms with Crippen LogP contribution >= 0.6 is 24.0 Å². The van der Waals surface area contributed by atoms with Crippen LogP contribution in [0, 0.1) is 0 Å². The first-order valence-corrected chi connectivity index (χ1v) is 3.84. The minimum absolute atomic E-state index is 0.593. The normalized spacial score (nSPS) is 9.50. The highest BCUT2D eigenvalue weighted by Crippen LogP contribution is 2.08. The third kappa shape index (κ3) is 4.40. The van der Waals surface area contributed by atoms with E-state index in [9.17, 15) is 0 Å². The van der Waals surface area contributed by atoms with Gasteiger partial charge in [-0.2, -0.15) is 0 Å². The van der Waals surface area contributed by atoms with Crippen molar-refractivity contribution in [1.29, 1.82) is 0 Å². The Morgan fingerprint density at radius 2 is 2.12 bits per heavy atom. The molecule has 0 aromatic heterocycles. The molecule has 0 aromatic rings. The van der Waals surface area contributed by atoms with Gasteiger partial charge >= 0.3 is 0 Å². The van der Waals surface area contributed by atoms with Crippen molar-refractivity contribution in [2.45, 2.75) is 19.1 Å². The smallest absolute Gasteiger partial charge is 0.133 e. The zero-order valence-electron chi connectivity index (χ0n) is 5.39. The predicted octanol–water partition coefficient (Wildman–Crippen LogP) is 1.63. The van der Waals surface area contributed by atoms with Crippen LogP contribution in [0.25, 0.3) is 0 Å². The number of rotatable bonds is 1. The van der Waals surface area contributed by atoms with Gasteiger partial charge in [-0.1, -0.05) is 37.8 Å². The molecule has 0 fully saturated rings. The number of nitrogens with one attached hydrogen (secondary N) is 1. The second-order valence-corrected chi connectivity index (χ2v) is 3.96. The van der Waals surface area contributed by atoms with E-state index in [-0.39, 0.29) is 0 Å². The molecule has 1 nitrogen and oxygen atoms in total. The highest BCUT2D eigenvalue weighted by molar-refractivity contribution is 8.23. The SMILES string of the molecule is CNC(=S)SC(C)C. The molecule has 0 aliphatic carbocycles. The summed E-state index contributed by atoms with van der Waals surface area (Å²) >= 11 is 6.56. The van der Waals surface area contributed by atoms with Crippen LogP contribution in [-0.4, -0.2) is 16.6 Å². The van der Waals surface area contributed by atoms with Crippen LogP contribution in [-0.2, 0) is 0 Å². The molecule has 48 valence electrons. The van der Waals surface area contributed by atoms with E-state index in [0.717, 1.165) is 4.32 Å². The Bertz CT molecular complexity index is 80.5. The molecule has 0 atom stereocenters. The van der Waals surface area contributed by atoms with Gasteiger partial charge < -0.3 is 5.32 Å². The van der Waals surface area contributed by atoms with Crippen LogP contribution in [0.3, 0.4) is 0 Å². The summed E-state index contributed by atoms with van der Waals surface area (Å²) in [6.07, 6.45) is 0. The summed E-state index contributed by atoms with van der Waals surface area (Å²) in [4.78, 5) is 0. The maximum absolute atomic E-state index is 4.88. The fourth-order valence-corrected chi connectivity index (χ4v) is 1.40. The van der Waals surface area contributed by atoms with Crippen LogP contribution in [0.2, 0.25) is 0 Å². The second kappa shape index (κ2) is 4.15. The average Bonchev–Trinajstić information content (AvgIpc) is 1.65. The molecule has 0 aromatic carbocycles. The average molecular weight is 149 g/mol. The van der Waals surface area contributed by atoms with E-state index >= 15 is 0 Å². The first-order chi connectivity index (χ1) is 3.66. The first kappa shape index (κ1) is 8.24. The highest BCUT2D eigenvalue weighted by atomic mass is 32.2. The molecule has 3 heteroatoms. The standard InChI is InChI=1S/C5H11NS2/c1-4(2)8-5(7)6-3/h4H,1-3H3,(H,6,7). The topological polar surface area (TPSA) is 12.0 Å². The molecule has 8 heavy (non-hydrogen) atoms. The van der Waals surface area contributed by atoms with Gasteiger partial charge in [-0.15, -0.1) is 0 Å². The van der Waals surface area contributed by atoms with Gasteiger partial charge in [0.25, 0.3) is 0 Å². The van der Waals surface area contributed by atoms with Crippen LogP contribution in [0.5, 0.6) is 0 Å². The Kier molecular flexibility index (Phi) is 4.28. The summed E-state index contributed by atoms with van der Waals surface area (Å²) in [7, 11) is 1.84. The Labute approximate surface area is 60.2 Å². The summed E-state index contributed by atoms with van der Waals surface area (Å²) in [5, 5.41) is 3.48. The molecular weight excluding hydrogens is 138 g/mol. The summed E-state index contributed by atoms with van der Waals surface area (Å²) in [6.45, 7) is 4.24. The maximum atomic E-state index is 4.88. The summed E-state index contributed by atoms with van der Waals surface area (Å²) in [5.74, 6) is 0. The summed E-state index contributed by atoms with van der Waals surface area (Å²) in [5.41, 5.74) is 0. The molecule has 0 spiro atoms. The highest BCUT2D eigenvalue weighted by Gasteiger charge is 1.95. The van der Waals surface area contributed by atoms with Crippen molar-refractivity contribution < 1.29 is 0 Å². The zero-order chi connectivity index (χ0) is 6.57. The molecule has 0 saturated heterocycles. The molecule has 0 unspecified atom stereocenters. The van der Waals surface area contributed by atoms with Gasteiger partial charge in [-0.3, -0.25) is 0 Å². The lowest BCUT2D eigenvalue weighted by Gasteiger charge is -2.03. The van der Waals surface area contributed by atoms with Gasteiger partial charge in [-0.25, -0.2) is 0 Å². The molecule has 0 saturated carbocycles. The molecule has 0 aliphatic heterocycles. The Morgan fingerprint density at radius 3 is 2.25 bits per heavy atom. The third-order valence-corrected chi connectivity index (χ3v) is 1.93. The van der Waals surface area contributed by atoms with Crippen molar-refractivity contribution in [2.75, 3.05) is 7.05 Å². The van der Waals surface area contributed by atoms with Gasteiger partial charge in [0, 0.05) is 12.3 Å². The third-order valence-electron chi connectivity index (χ3n) is 0.547. The lowest BCUT2D eigenvalue weighted by Crippen LogP contribution is -2.13. The molecule has 1 N–H and O–H groups in total. The van der Waals surface area contributed by atoms with E-state index in [1.165, 1.54) is 0 Å². The quantitative estimate of drug-likeness (QED) is 0.569. The van der Waals surface area contributed by atoms with E-state index in [2.05, 4.69) is 19.2 Å². The fraction of sp³-hybridized carbons (Fsp3) is 0.800. The molecule has 0 bridgehead atoms. The molecule has 0 heterocycles. The van der Waals surface area contributed by atoms with Crippen molar-refractivity contribution in [3.63, 3.8) is 0 Å². The van der Waals surface area contributed by atoms with Gasteiger partial charge in [0.15, 0.2) is 0 Å². The molecule has 0 aliphatic rings. The van der Waals surface area contributed by atoms with Crippen molar-refractivity contribution in [2.24, 2.45) is 0 Å². The van der Waals surface area contributed by atoms with Crippen molar-refractivity contribution in [3.8, 4) is 0 Å². The fourth-order valence-electron chi connectivity index (χ4n) is 0.273. The largest absolute Gasteiger partial charge is 0.374 e. The molecule has 0 rings (SSSR count). The van der Waals surface area contributed by atoms with Gasteiger partial charge in [0.1, 0.15) is 4.32 Å². The molecule has 0 radical (unpaired) electrons. The van der Waals surface area contributed by atoms with E-state index in [4.69, 9.17) is 12.2 Å². The summed E-state index contributed by atoms with van der Waals surface area (Å²) in [6, 6.07) is 0. The van der Waals surface area contributed by atoms with Crippen LogP contribution in [0.1, 0.15) is 13.8 Å².